The van der Waals surface area contributed by atoms with Gasteiger partial charge < -0.3 is 9.26 Å². The zero-order chi connectivity index (χ0) is 15.9. The van der Waals surface area contributed by atoms with Gasteiger partial charge >= 0.3 is 0 Å². The molecule has 118 valence electrons. The number of hydrogen-bond acceptors (Lipinski definition) is 5. The Balaban J connectivity index is 1.90. The fraction of sp³-hybridized carbons (Fsp3) is 0.400. The first-order valence-electron chi connectivity index (χ1n) is 6.91. The maximum absolute atomic E-state index is 11.5. The van der Waals surface area contributed by atoms with E-state index in [1.807, 2.05) is 0 Å². The molecule has 1 aliphatic carbocycles. The molecule has 5 nitrogen and oxygen atoms in total. The summed E-state index contributed by atoms with van der Waals surface area (Å²) in [4.78, 5) is 0.201. The molecule has 0 radical (unpaired) electrons. The van der Waals surface area contributed by atoms with E-state index in [2.05, 4.69) is 5.16 Å². The summed E-state index contributed by atoms with van der Waals surface area (Å²) in [6.45, 7) is 0. The minimum Gasteiger partial charge on any atom is -0.491 e. The average molecular weight is 342 g/mol. The fourth-order valence-corrected chi connectivity index (χ4v) is 3.31. The third-order valence-electron chi connectivity index (χ3n) is 3.70. The first-order valence-corrected chi connectivity index (χ1v) is 9.18. The van der Waals surface area contributed by atoms with E-state index in [0.717, 1.165) is 30.4 Å². The summed E-state index contributed by atoms with van der Waals surface area (Å²) in [5.41, 5.74) is 1.46. The van der Waals surface area contributed by atoms with Crippen LogP contribution in [-0.4, -0.2) is 26.9 Å². The Labute approximate surface area is 134 Å². The van der Waals surface area contributed by atoms with E-state index in [1.54, 1.807) is 19.2 Å². The van der Waals surface area contributed by atoms with Crippen LogP contribution in [0.3, 0.4) is 0 Å². The van der Waals surface area contributed by atoms with Crippen LogP contribution in [0.4, 0.5) is 0 Å². The highest BCUT2D eigenvalue weighted by Crippen LogP contribution is 2.45. The van der Waals surface area contributed by atoms with Crippen LogP contribution in [0.5, 0.6) is 5.75 Å². The lowest BCUT2D eigenvalue weighted by Crippen LogP contribution is -1.99. The second-order valence-corrected chi connectivity index (χ2v) is 7.93. The van der Waals surface area contributed by atoms with Crippen LogP contribution in [0.25, 0.3) is 0 Å². The molecular weight excluding hydrogens is 326 g/mol. The molecule has 0 aliphatic heterocycles. The Bertz CT molecular complexity index is 809. The Morgan fingerprint density at radius 1 is 1.41 bits per heavy atom. The van der Waals surface area contributed by atoms with Gasteiger partial charge in [-0.25, -0.2) is 8.42 Å². The number of hydrogen-bond donors (Lipinski definition) is 0. The molecule has 22 heavy (non-hydrogen) atoms. The molecule has 2 aromatic rings. The van der Waals surface area contributed by atoms with Gasteiger partial charge in [0.25, 0.3) is 0 Å². The Morgan fingerprint density at radius 2 is 2.14 bits per heavy atom. The van der Waals surface area contributed by atoms with Gasteiger partial charge in [0.15, 0.2) is 21.3 Å². The first-order chi connectivity index (χ1) is 10.4. The lowest BCUT2D eigenvalue weighted by molar-refractivity contribution is 0.359. The second-order valence-electron chi connectivity index (χ2n) is 5.50. The molecular formula is C15H16ClNO4S. The van der Waals surface area contributed by atoms with Crippen LogP contribution in [0.15, 0.2) is 27.6 Å². The predicted octanol–water partition coefficient (Wildman–Crippen LogP) is 3.21. The van der Waals surface area contributed by atoms with E-state index in [1.165, 1.54) is 6.07 Å². The number of halogens is 1. The van der Waals surface area contributed by atoms with Crippen molar-refractivity contribution in [3.8, 4) is 5.75 Å². The molecule has 0 amide bonds. The van der Waals surface area contributed by atoms with Gasteiger partial charge in [-0.2, -0.15) is 0 Å². The normalized spacial score (nSPS) is 15.0. The Morgan fingerprint density at radius 3 is 2.68 bits per heavy atom. The van der Waals surface area contributed by atoms with Crippen molar-refractivity contribution in [1.82, 2.24) is 5.16 Å². The monoisotopic (exact) mass is 341 g/mol. The number of aromatic nitrogens is 1. The van der Waals surface area contributed by atoms with Crippen molar-refractivity contribution in [2.45, 2.75) is 30.1 Å². The molecule has 0 atom stereocenters. The van der Waals surface area contributed by atoms with E-state index >= 15 is 0 Å². The van der Waals surface area contributed by atoms with E-state index in [9.17, 15) is 8.42 Å². The molecule has 1 saturated carbocycles. The molecule has 7 heteroatoms. The number of benzene rings is 1. The Kier molecular flexibility index (Phi) is 3.91. The highest BCUT2D eigenvalue weighted by molar-refractivity contribution is 7.90. The first kappa shape index (κ1) is 15.4. The molecule has 0 unspecified atom stereocenters. The van der Waals surface area contributed by atoms with E-state index in [4.69, 9.17) is 20.9 Å². The quantitative estimate of drug-likeness (QED) is 0.835. The average Bonchev–Trinajstić information content (AvgIpc) is 3.21. The minimum atomic E-state index is -3.27. The zero-order valence-electron chi connectivity index (χ0n) is 12.3. The largest absolute Gasteiger partial charge is 0.491 e. The number of ether oxygens (including phenoxy) is 1. The molecule has 1 aromatic carbocycles. The van der Waals surface area contributed by atoms with Crippen molar-refractivity contribution in [1.29, 1.82) is 0 Å². The highest BCUT2D eigenvalue weighted by atomic mass is 35.5. The van der Waals surface area contributed by atoms with Gasteiger partial charge in [0, 0.05) is 23.6 Å². The van der Waals surface area contributed by atoms with E-state index < -0.39 is 9.84 Å². The second kappa shape index (κ2) is 5.59. The van der Waals surface area contributed by atoms with Crippen LogP contribution in [-0.2, 0) is 16.3 Å². The lowest BCUT2D eigenvalue weighted by atomic mass is 10.1. The summed E-state index contributed by atoms with van der Waals surface area (Å²) in [6.07, 6.45) is 3.77. The van der Waals surface area contributed by atoms with Crippen molar-refractivity contribution in [3.05, 3.63) is 40.2 Å². The zero-order valence-corrected chi connectivity index (χ0v) is 13.9. The topological polar surface area (TPSA) is 69.4 Å². The van der Waals surface area contributed by atoms with Gasteiger partial charge in [-0.05, 0) is 30.5 Å². The summed E-state index contributed by atoms with van der Waals surface area (Å²) in [7, 11) is -1.68. The fourth-order valence-electron chi connectivity index (χ4n) is 2.35. The van der Waals surface area contributed by atoms with Crippen LogP contribution in [0.2, 0.25) is 5.02 Å². The molecule has 1 aliphatic rings. The van der Waals surface area contributed by atoms with Gasteiger partial charge in [0.2, 0.25) is 0 Å². The predicted molar refractivity (Wildman–Crippen MR) is 82.4 cm³/mol. The third-order valence-corrected chi connectivity index (χ3v) is 5.17. The standard InChI is InChI=1S/C15H16ClNO4S/c1-20-15-13(17-21-14(15)9-3-4-9)7-10-5-6-11(8-12(10)16)22(2,18)19/h5-6,8-9H,3-4,7H2,1-2H3. The molecule has 0 N–H and O–H groups in total. The maximum atomic E-state index is 11.5. The van der Waals surface area contributed by atoms with Crippen LogP contribution >= 0.6 is 11.6 Å². The molecule has 1 aromatic heterocycles. The molecule has 0 saturated heterocycles. The summed E-state index contributed by atoms with van der Waals surface area (Å²) < 4.78 is 33.9. The van der Waals surface area contributed by atoms with Gasteiger partial charge in [-0.1, -0.05) is 22.8 Å². The summed E-state index contributed by atoms with van der Waals surface area (Å²) in [6, 6.07) is 4.70. The van der Waals surface area contributed by atoms with E-state index in [0.29, 0.717) is 28.8 Å². The van der Waals surface area contributed by atoms with Crippen molar-refractivity contribution in [2.24, 2.45) is 0 Å². The van der Waals surface area contributed by atoms with Gasteiger partial charge in [-0.3, -0.25) is 0 Å². The smallest absolute Gasteiger partial charge is 0.185 e. The molecule has 3 rings (SSSR count). The highest BCUT2D eigenvalue weighted by Gasteiger charge is 2.33. The van der Waals surface area contributed by atoms with Crippen molar-refractivity contribution < 1.29 is 17.7 Å². The molecule has 1 fully saturated rings. The molecule has 0 bridgehead atoms. The number of methoxy groups -OCH3 is 1. The Hall–Kier alpha value is -1.53. The SMILES string of the molecule is COc1c(Cc2ccc(S(C)(=O)=O)cc2Cl)noc1C1CC1. The maximum Gasteiger partial charge on any atom is 0.185 e. The summed E-state index contributed by atoms with van der Waals surface area (Å²) in [5.74, 6) is 1.87. The third kappa shape index (κ3) is 2.98. The summed E-state index contributed by atoms with van der Waals surface area (Å²) in [5, 5.41) is 4.47. The van der Waals surface area contributed by atoms with Crippen LogP contribution < -0.4 is 4.74 Å². The van der Waals surface area contributed by atoms with E-state index in [-0.39, 0.29) is 4.90 Å². The van der Waals surface area contributed by atoms with Crippen molar-refractivity contribution in [3.63, 3.8) is 0 Å². The lowest BCUT2D eigenvalue weighted by Gasteiger charge is -2.06. The minimum absolute atomic E-state index is 0.201. The van der Waals surface area contributed by atoms with Gasteiger partial charge in [0.05, 0.1) is 12.0 Å². The number of sulfone groups is 1. The number of nitrogens with zero attached hydrogens (tertiary/aromatic N) is 1. The van der Waals surface area contributed by atoms with Gasteiger partial charge in [-0.15, -0.1) is 0 Å². The molecule has 0 spiro atoms. The van der Waals surface area contributed by atoms with Crippen molar-refractivity contribution >= 4 is 21.4 Å². The summed E-state index contributed by atoms with van der Waals surface area (Å²) >= 11 is 6.20. The van der Waals surface area contributed by atoms with Crippen LogP contribution in [0, 0.1) is 0 Å². The van der Waals surface area contributed by atoms with Gasteiger partial charge in [0.1, 0.15) is 5.69 Å². The van der Waals surface area contributed by atoms with Crippen molar-refractivity contribution in [2.75, 3.05) is 13.4 Å². The van der Waals surface area contributed by atoms with Crippen LogP contribution in [0.1, 0.15) is 35.8 Å². The molecule has 1 heterocycles. The number of rotatable bonds is 5.